The van der Waals surface area contributed by atoms with Crippen molar-refractivity contribution in [1.29, 1.82) is 0 Å². The van der Waals surface area contributed by atoms with Gasteiger partial charge in [-0.15, -0.1) is 11.8 Å². The second kappa shape index (κ2) is 15.3. The Kier molecular flexibility index (Phi) is 11.0. The van der Waals surface area contributed by atoms with Crippen LogP contribution in [0.15, 0.2) is 108 Å². The van der Waals surface area contributed by atoms with Crippen molar-refractivity contribution in [2.24, 2.45) is 0 Å². The van der Waals surface area contributed by atoms with E-state index >= 15 is 0 Å². The number of ether oxygens (including phenoxy) is 3. The monoisotopic (exact) mass is 596 g/mol. The summed E-state index contributed by atoms with van der Waals surface area (Å²) < 4.78 is 16.0. The van der Waals surface area contributed by atoms with Crippen LogP contribution in [0, 0.1) is 0 Å². The number of methoxy groups -OCH3 is 2. The Hall–Kier alpha value is -5.02. The average Bonchev–Trinajstić information content (AvgIpc) is 3.04. The average molecular weight is 597 g/mol. The van der Waals surface area contributed by atoms with Gasteiger partial charge in [-0.1, -0.05) is 30.3 Å². The second-order valence-electron chi connectivity index (χ2n) is 9.14. The summed E-state index contributed by atoms with van der Waals surface area (Å²) in [4.78, 5) is 39.8. The van der Waals surface area contributed by atoms with Crippen LogP contribution in [-0.2, 0) is 4.79 Å². The number of rotatable bonds is 13. The number of amides is 2. The fraction of sp³-hybridized carbons (Fsp3) is 0.147. The van der Waals surface area contributed by atoms with Crippen LogP contribution in [-0.4, -0.2) is 44.2 Å². The van der Waals surface area contributed by atoms with Crippen molar-refractivity contribution in [1.82, 2.24) is 5.32 Å². The maximum atomic E-state index is 13.3. The quantitative estimate of drug-likeness (QED) is 0.103. The Labute approximate surface area is 255 Å². The van der Waals surface area contributed by atoms with Crippen molar-refractivity contribution >= 4 is 41.1 Å². The van der Waals surface area contributed by atoms with Gasteiger partial charge in [0.25, 0.3) is 11.8 Å². The van der Waals surface area contributed by atoms with E-state index in [1.54, 1.807) is 79.9 Å². The van der Waals surface area contributed by atoms with Crippen molar-refractivity contribution in [2.75, 3.05) is 31.9 Å². The zero-order valence-corrected chi connectivity index (χ0v) is 24.9. The maximum absolute atomic E-state index is 13.3. The molecule has 0 spiro atoms. The summed E-state index contributed by atoms with van der Waals surface area (Å²) in [6.45, 7) is 2.45. The fourth-order valence-corrected chi connectivity index (χ4v) is 4.80. The number of carbonyl (C=O) groups excluding carboxylic acids is 3. The van der Waals surface area contributed by atoms with Gasteiger partial charge in [0.2, 0.25) is 0 Å². The lowest BCUT2D eigenvalue weighted by Crippen LogP contribution is -2.30. The summed E-state index contributed by atoms with van der Waals surface area (Å²) in [6.07, 6.45) is 1.61. The number of anilines is 1. The van der Waals surface area contributed by atoms with Gasteiger partial charge in [-0.05, 0) is 85.3 Å². The zero-order valence-electron chi connectivity index (χ0n) is 24.1. The summed E-state index contributed by atoms with van der Waals surface area (Å²) >= 11 is 1.38. The molecule has 2 N–H and O–H groups in total. The Bertz CT molecular complexity index is 1590. The van der Waals surface area contributed by atoms with Gasteiger partial charge in [0.05, 0.1) is 26.6 Å². The van der Waals surface area contributed by atoms with Crippen LogP contribution < -0.4 is 24.8 Å². The largest absolute Gasteiger partial charge is 0.494 e. The highest BCUT2D eigenvalue weighted by atomic mass is 32.2. The molecule has 0 saturated heterocycles. The SMILES string of the molecule is CCOc1ccc(/C=C(\NC(=O)c2ccccc2)C(=O)Nc2ccc(SCC(=O)c3ccc(OC)c(OC)c3)cc2)cc1. The first-order valence-electron chi connectivity index (χ1n) is 13.5. The van der Waals surface area contributed by atoms with Gasteiger partial charge in [0, 0.05) is 21.7 Å². The molecule has 0 saturated carbocycles. The lowest BCUT2D eigenvalue weighted by Gasteiger charge is -2.12. The van der Waals surface area contributed by atoms with E-state index in [1.807, 2.05) is 37.3 Å². The zero-order chi connectivity index (χ0) is 30.6. The molecule has 0 radical (unpaired) electrons. The van der Waals surface area contributed by atoms with Crippen molar-refractivity contribution in [2.45, 2.75) is 11.8 Å². The number of Topliss-reactive ketones (excluding diaryl/α,β-unsaturated/α-hetero) is 1. The molecule has 4 rings (SSSR count). The normalized spacial score (nSPS) is 10.9. The highest BCUT2D eigenvalue weighted by Gasteiger charge is 2.16. The molecular formula is C34H32N2O6S. The summed E-state index contributed by atoms with van der Waals surface area (Å²) in [5.41, 5.74) is 2.28. The first-order valence-corrected chi connectivity index (χ1v) is 14.5. The van der Waals surface area contributed by atoms with Crippen LogP contribution in [0.5, 0.6) is 17.2 Å². The molecule has 0 aromatic heterocycles. The van der Waals surface area contributed by atoms with Crippen LogP contribution in [0.1, 0.15) is 33.2 Å². The lowest BCUT2D eigenvalue weighted by molar-refractivity contribution is -0.113. The molecule has 9 heteroatoms. The Morgan fingerprint density at radius 3 is 2.14 bits per heavy atom. The van der Waals surface area contributed by atoms with Crippen LogP contribution >= 0.6 is 11.8 Å². The Balaban J connectivity index is 1.43. The van der Waals surface area contributed by atoms with Gasteiger partial charge < -0.3 is 24.8 Å². The third-order valence-corrected chi connectivity index (χ3v) is 7.23. The van der Waals surface area contributed by atoms with E-state index < -0.39 is 11.8 Å². The molecule has 0 aliphatic rings. The van der Waals surface area contributed by atoms with E-state index in [1.165, 1.54) is 18.9 Å². The van der Waals surface area contributed by atoms with Crippen LogP contribution in [0.2, 0.25) is 0 Å². The number of hydrogen-bond acceptors (Lipinski definition) is 7. The molecule has 4 aromatic rings. The van der Waals surface area contributed by atoms with E-state index in [0.717, 1.165) is 4.90 Å². The van der Waals surface area contributed by atoms with Crippen molar-refractivity contribution < 1.29 is 28.6 Å². The van der Waals surface area contributed by atoms with Crippen LogP contribution in [0.3, 0.4) is 0 Å². The predicted octanol–water partition coefficient (Wildman–Crippen LogP) is 6.49. The van der Waals surface area contributed by atoms with Gasteiger partial charge in [-0.2, -0.15) is 0 Å². The van der Waals surface area contributed by atoms with Crippen molar-refractivity contribution in [3.05, 3.63) is 119 Å². The molecule has 0 aliphatic carbocycles. The molecule has 220 valence electrons. The second-order valence-corrected chi connectivity index (χ2v) is 10.2. The molecule has 8 nitrogen and oxygen atoms in total. The standard InChI is InChI=1S/C34H32N2O6S/c1-4-42-27-15-10-23(11-16-27)20-29(36-33(38)24-8-6-5-7-9-24)34(39)35-26-13-17-28(18-14-26)43-22-30(37)25-12-19-31(40-2)32(21-25)41-3/h5-21H,4,22H2,1-3H3,(H,35,39)(H,36,38)/b29-20-. The maximum Gasteiger partial charge on any atom is 0.272 e. The summed E-state index contributed by atoms with van der Waals surface area (Å²) in [5, 5.41) is 5.58. The Morgan fingerprint density at radius 1 is 0.791 bits per heavy atom. The van der Waals surface area contributed by atoms with Gasteiger partial charge in [0.1, 0.15) is 11.4 Å². The Morgan fingerprint density at radius 2 is 1.49 bits per heavy atom. The molecular weight excluding hydrogens is 564 g/mol. The van der Waals surface area contributed by atoms with Crippen molar-refractivity contribution in [3.63, 3.8) is 0 Å². The molecule has 43 heavy (non-hydrogen) atoms. The minimum atomic E-state index is -0.484. The van der Waals surface area contributed by atoms with E-state index in [0.29, 0.717) is 46.2 Å². The number of carbonyl (C=O) groups is 3. The van der Waals surface area contributed by atoms with Gasteiger partial charge >= 0.3 is 0 Å². The minimum absolute atomic E-state index is 0.0541. The van der Waals surface area contributed by atoms with E-state index in [-0.39, 0.29) is 17.2 Å². The molecule has 4 aromatic carbocycles. The van der Waals surface area contributed by atoms with Gasteiger partial charge in [0.15, 0.2) is 17.3 Å². The third kappa shape index (κ3) is 8.73. The fourth-order valence-electron chi connectivity index (χ4n) is 4.01. The van der Waals surface area contributed by atoms with Gasteiger partial charge in [-0.3, -0.25) is 14.4 Å². The first kappa shape index (κ1) is 30.9. The molecule has 0 atom stereocenters. The number of ketones is 1. The van der Waals surface area contributed by atoms with E-state index in [4.69, 9.17) is 14.2 Å². The topological polar surface area (TPSA) is 103 Å². The molecule has 0 heterocycles. The van der Waals surface area contributed by atoms with Crippen LogP contribution in [0.4, 0.5) is 5.69 Å². The number of nitrogens with one attached hydrogen (secondary N) is 2. The molecule has 0 unspecified atom stereocenters. The summed E-state index contributed by atoms with van der Waals surface area (Å²) in [6, 6.07) is 28.1. The highest BCUT2D eigenvalue weighted by molar-refractivity contribution is 8.00. The third-order valence-electron chi connectivity index (χ3n) is 6.22. The molecule has 0 aliphatic heterocycles. The predicted molar refractivity (Wildman–Crippen MR) is 169 cm³/mol. The molecule has 0 fully saturated rings. The molecule has 2 amide bonds. The number of hydrogen-bond donors (Lipinski definition) is 2. The molecule has 0 bridgehead atoms. The summed E-state index contributed by atoms with van der Waals surface area (Å²) in [5.74, 6) is 1.04. The number of benzene rings is 4. The highest BCUT2D eigenvalue weighted by Crippen LogP contribution is 2.29. The lowest BCUT2D eigenvalue weighted by atomic mass is 10.1. The minimum Gasteiger partial charge on any atom is -0.494 e. The number of thioether (sulfide) groups is 1. The smallest absolute Gasteiger partial charge is 0.272 e. The van der Waals surface area contributed by atoms with Crippen LogP contribution in [0.25, 0.3) is 6.08 Å². The van der Waals surface area contributed by atoms with Gasteiger partial charge in [-0.25, -0.2) is 0 Å². The first-order chi connectivity index (χ1) is 20.9. The van der Waals surface area contributed by atoms with E-state index in [9.17, 15) is 14.4 Å². The van der Waals surface area contributed by atoms with E-state index in [2.05, 4.69) is 10.6 Å². The summed E-state index contributed by atoms with van der Waals surface area (Å²) in [7, 11) is 3.07. The van der Waals surface area contributed by atoms with Crippen molar-refractivity contribution in [3.8, 4) is 17.2 Å².